The van der Waals surface area contributed by atoms with Crippen molar-refractivity contribution in [2.45, 2.75) is 31.7 Å². The zero-order valence-corrected chi connectivity index (χ0v) is 9.64. The van der Waals surface area contributed by atoms with Crippen molar-refractivity contribution in [2.75, 3.05) is 0 Å². The summed E-state index contributed by atoms with van der Waals surface area (Å²) in [6.45, 7) is 1.51. The number of benzene rings is 1. The molecule has 0 atom stereocenters. The summed E-state index contributed by atoms with van der Waals surface area (Å²) in [5.41, 5.74) is 1.37. The number of carbonyl (C=O) groups is 2. The van der Waals surface area contributed by atoms with Gasteiger partial charge < -0.3 is 10.4 Å². The molecule has 0 spiro atoms. The molecule has 0 bridgehead atoms. The maximum absolute atomic E-state index is 10.8. The summed E-state index contributed by atoms with van der Waals surface area (Å²) in [6.07, 6.45) is 1.78. The lowest BCUT2D eigenvalue weighted by Crippen LogP contribution is -2.42. The first kappa shape index (κ1) is 11.6. The standard InChI is InChI=1S/C13H15NO3/c1-8(15)14-12-6-11(7-12)9-3-2-4-10(5-9)13(16)17/h2-5,11-12H,6-7H2,1H3,(H,14,15)(H,16,17). The van der Waals surface area contributed by atoms with Gasteiger partial charge in [-0.2, -0.15) is 0 Å². The molecule has 90 valence electrons. The molecule has 0 aromatic heterocycles. The van der Waals surface area contributed by atoms with Crippen LogP contribution in [0, 0.1) is 0 Å². The number of amides is 1. The van der Waals surface area contributed by atoms with Crippen LogP contribution in [0.5, 0.6) is 0 Å². The Balaban J connectivity index is 1.99. The van der Waals surface area contributed by atoms with Gasteiger partial charge in [0.05, 0.1) is 5.56 Å². The normalized spacial score (nSPS) is 22.6. The fourth-order valence-corrected chi connectivity index (χ4v) is 2.22. The highest BCUT2D eigenvalue weighted by Gasteiger charge is 2.30. The topological polar surface area (TPSA) is 66.4 Å². The quantitative estimate of drug-likeness (QED) is 0.836. The molecule has 1 aliphatic carbocycles. The van der Waals surface area contributed by atoms with Gasteiger partial charge in [-0.3, -0.25) is 4.79 Å². The second-order valence-corrected chi connectivity index (χ2v) is 4.50. The van der Waals surface area contributed by atoms with E-state index < -0.39 is 5.97 Å². The van der Waals surface area contributed by atoms with Crippen LogP contribution in [-0.2, 0) is 4.79 Å². The van der Waals surface area contributed by atoms with Gasteiger partial charge in [-0.25, -0.2) is 4.79 Å². The van der Waals surface area contributed by atoms with Gasteiger partial charge in [-0.05, 0) is 36.5 Å². The number of hydrogen-bond acceptors (Lipinski definition) is 2. The number of aromatic carboxylic acids is 1. The first-order valence-corrected chi connectivity index (χ1v) is 5.66. The lowest BCUT2D eigenvalue weighted by molar-refractivity contribution is -0.120. The largest absolute Gasteiger partial charge is 0.478 e. The molecule has 17 heavy (non-hydrogen) atoms. The average molecular weight is 233 g/mol. The lowest BCUT2D eigenvalue weighted by atomic mass is 9.75. The second-order valence-electron chi connectivity index (χ2n) is 4.50. The number of carboxylic acids is 1. The molecule has 4 nitrogen and oxygen atoms in total. The van der Waals surface area contributed by atoms with E-state index in [0.717, 1.165) is 18.4 Å². The number of rotatable bonds is 3. The van der Waals surface area contributed by atoms with E-state index >= 15 is 0 Å². The third kappa shape index (κ3) is 2.64. The third-order valence-electron chi connectivity index (χ3n) is 3.15. The molecule has 0 heterocycles. The summed E-state index contributed by atoms with van der Waals surface area (Å²) in [5.74, 6) is -0.538. The van der Waals surface area contributed by atoms with Crippen LogP contribution in [0.4, 0.5) is 0 Å². The van der Waals surface area contributed by atoms with Gasteiger partial charge in [0.2, 0.25) is 5.91 Å². The summed E-state index contributed by atoms with van der Waals surface area (Å²) in [5, 5.41) is 11.8. The van der Waals surface area contributed by atoms with E-state index in [-0.39, 0.29) is 11.9 Å². The molecule has 0 aliphatic heterocycles. The monoisotopic (exact) mass is 233 g/mol. The Morgan fingerprint density at radius 2 is 2.06 bits per heavy atom. The van der Waals surface area contributed by atoms with Gasteiger partial charge in [-0.15, -0.1) is 0 Å². The van der Waals surface area contributed by atoms with E-state index in [2.05, 4.69) is 5.32 Å². The van der Waals surface area contributed by atoms with Crippen molar-refractivity contribution in [3.63, 3.8) is 0 Å². The molecule has 2 rings (SSSR count). The number of carboxylic acid groups (broad SMARTS) is 1. The molecule has 1 amide bonds. The molecule has 1 saturated carbocycles. The van der Waals surface area contributed by atoms with Crippen LogP contribution >= 0.6 is 0 Å². The zero-order valence-electron chi connectivity index (χ0n) is 9.64. The van der Waals surface area contributed by atoms with Crippen LogP contribution in [0.15, 0.2) is 24.3 Å². The molecule has 1 aromatic carbocycles. The molecule has 4 heteroatoms. The molecular weight excluding hydrogens is 218 g/mol. The number of carbonyl (C=O) groups excluding carboxylic acids is 1. The van der Waals surface area contributed by atoms with Crippen LogP contribution in [-0.4, -0.2) is 23.0 Å². The van der Waals surface area contributed by atoms with Crippen LogP contribution in [0.25, 0.3) is 0 Å². The highest BCUT2D eigenvalue weighted by atomic mass is 16.4. The first-order valence-electron chi connectivity index (χ1n) is 5.66. The Hall–Kier alpha value is -1.84. The van der Waals surface area contributed by atoms with E-state index in [0.29, 0.717) is 11.5 Å². The van der Waals surface area contributed by atoms with Gasteiger partial charge in [0.1, 0.15) is 0 Å². The van der Waals surface area contributed by atoms with Crippen LogP contribution < -0.4 is 5.32 Å². The summed E-state index contributed by atoms with van der Waals surface area (Å²) < 4.78 is 0. The van der Waals surface area contributed by atoms with Gasteiger partial charge in [0, 0.05) is 13.0 Å². The molecule has 0 unspecified atom stereocenters. The molecule has 1 fully saturated rings. The molecule has 0 saturated heterocycles. The lowest BCUT2D eigenvalue weighted by Gasteiger charge is -2.36. The van der Waals surface area contributed by atoms with Crippen molar-refractivity contribution in [2.24, 2.45) is 0 Å². The Morgan fingerprint density at radius 3 is 2.65 bits per heavy atom. The molecule has 1 aliphatic rings. The number of hydrogen-bond donors (Lipinski definition) is 2. The zero-order chi connectivity index (χ0) is 12.4. The van der Waals surface area contributed by atoms with Crippen molar-refractivity contribution in [1.29, 1.82) is 0 Å². The Bertz CT molecular complexity index is 450. The fourth-order valence-electron chi connectivity index (χ4n) is 2.22. The summed E-state index contributed by atoms with van der Waals surface area (Å²) in [4.78, 5) is 21.7. The predicted molar refractivity (Wildman–Crippen MR) is 63.0 cm³/mol. The average Bonchev–Trinajstić information content (AvgIpc) is 2.22. The maximum Gasteiger partial charge on any atom is 0.335 e. The highest BCUT2D eigenvalue weighted by molar-refractivity contribution is 5.87. The van der Waals surface area contributed by atoms with Gasteiger partial charge in [-0.1, -0.05) is 12.1 Å². The summed E-state index contributed by atoms with van der Waals surface area (Å²) in [6, 6.07) is 7.27. The SMILES string of the molecule is CC(=O)NC1CC(c2cccc(C(=O)O)c2)C1. The van der Waals surface area contributed by atoms with E-state index in [4.69, 9.17) is 5.11 Å². The Labute approximate surface area is 99.6 Å². The maximum atomic E-state index is 10.8. The minimum atomic E-state index is -0.899. The van der Waals surface area contributed by atoms with Crippen molar-refractivity contribution < 1.29 is 14.7 Å². The molecule has 1 aromatic rings. The first-order chi connectivity index (χ1) is 8.06. The molecule has 0 radical (unpaired) electrons. The van der Waals surface area contributed by atoms with Crippen LogP contribution in [0.3, 0.4) is 0 Å². The van der Waals surface area contributed by atoms with Crippen molar-refractivity contribution in [1.82, 2.24) is 5.32 Å². The predicted octanol–water partition coefficient (Wildman–Crippen LogP) is 1.77. The second kappa shape index (κ2) is 4.57. The summed E-state index contributed by atoms with van der Waals surface area (Å²) in [7, 11) is 0. The van der Waals surface area contributed by atoms with Crippen LogP contribution in [0.1, 0.15) is 41.6 Å². The third-order valence-corrected chi connectivity index (χ3v) is 3.15. The van der Waals surface area contributed by atoms with Gasteiger partial charge in [0.15, 0.2) is 0 Å². The van der Waals surface area contributed by atoms with Crippen molar-refractivity contribution in [3.8, 4) is 0 Å². The van der Waals surface area contributed by atoms with Crippen molar-refractivity contribution in [3.05, 3.63) is 35.4 Å². The highest BCUT2D eigenvalue weighted by Crippen LogP contribution is 2.37. The minimum Gasteiger partial charge on any atom is -0.478 e. The molecule has 2 N–H and O–H groups in total. The smallest absolute Gasteiger partial charge is 0.335 e. The van der Waals surface area contributed by atoms with E-state index in [1.807, 2.05) is 6.07 Å². The Kier molecular flexibility index (Phi) is 3.13. The van der Waals surface area contributed by atoms with Gasteiger partial charge in [0.25, 0.3) is 0 Å². The number of nitrogens with one attached hydrogen (secondary N) is 1. The minimum absolute atomic E-state index is 0.00673. The van der Waals surface area contributed by atoms with Gasteiger partial charge >= 0.3 is 5.97 Å². The fraction of sp³-hybridized carbons (Fsp3) is 0.385. The van der Waals surface area contributed by atoms with E-state index in [9.17, 15) is 9.59 Å². The van der Waals surface area contributed by atoms with E-state index in [1.54, 1.807) is 18.2 Å². The Morgan fingerprint density at radius 1 is 1.35 bits per heavy atom. The van der Waals surface area contributed by atoms with E-state index in [1.165, 1.54) is 6.92 Å². The molecular formula is C13H15NO3. The van der Waals surface area contributed by atoms with Crippen LogP contribution in [0.2, 0.25) is 0 Å². The summed E-state index contributed by atoms with van der Waals surface area (Å²) >= 11 is 0. The van der Waals surface area contributed by atoms with Crippen molar-refractivity contribution >= 4 is 11.9 Å².